The minimum atomic E-state index is -1.04. The van der Waals surface area contributed by atoms with Crippen molar-refractivity contribution < 1.29 is 19.4 Å². The molecule has 0 aromatic carbocycles. The lowest BCUT2D eigenvalue weighted by Crippen LogP contribution is -2.13. The summed E-state index contributed by atoms with van der Waals surface area (Å²) in [5, 5.41) is 7.41. The average molecular weight is 181 g/mol. The van der Waals surface area contributed by atoms with Crippen LogP contribution < -0.4 is 0 Å². The van der Waals surface area contributed by atoms with E-state index >= 15 is 0 Å². The first kappa shape index (κ1) is 10.2. The number of carbonyl (C=O) groups is 2. The highest BCUT2D eigenvalue weighted by Gasteiger charge is 2.11. The Morgan fingerprint density at radius 1 is 1.73 bits per heavy atom. The quantitative estimate of drug-likeness (QED) is 0.370. The molecule has 0 aromatic rings. The minimum Gasteiger partial charge on any atom is -0.480 e. The predicted molar refractivity (Wildman–Crippen MR) is 38.5 cm³/mol. The predicted octanol–water partition coefficient (Wildman–Crippen LogP) is 0.632. The molecule has 0 heterocycles. The zero-order valence-electron chi connectivity index (χ0n) is 5.83. The van der Waals surface area contributed by atoms with Crippen molar-refractivity contribution in [2.24, 2.45) is 0 Å². The number of carboxylic acid groups (broad SMARTS) is 1. The summed E-state index contributed by atoms with van der Waals surface area (Å²) in [7, 11) is 0. The maximum absolute atomic E-state index is 10.1. The van der Waals surface area contributed by atoms with E-state index in [0.29, 0.717) is 19.3 Å². The van der Waals surface area contributed by atoms with Gasteiger partial charge in [0.1, 0.15) is 5.38 Å². The van der Waals surface area contributed by atoms with E-state index in [2.05, 4.69) is 4.74 Å². The molecule has 1 unspecified atom stereocenters. The second-order valence-corrected chi connectivity index (χ2v) is 2.44. The smallest absolute Gasteiger partial charge is 0.321 e. The first-order chi connectivity index (χ1) is 5.18. The fraction of sp³-hybridized carbons (Fsp3) is 0.667. The Labute approximate surface area is 69.1 Å². The van der Waals surface area contributed by atoms with Gasteiger partial charge in [0.05, 0.1) is 6.61 Å². The summed E-state index contributed by atoms with van der Waals surface area (Å²) in [6.45, 7) is 0.546. The molecule has 0 saturated heterocycles. The first-order valence-electron chi connectivity index (χ1n) is 3.10. The van der Waals surface area contributed by atoms with Crippen molar-refractivity contribution in [1.29, 1.82) is 0 Å². The van der Waals surface area contributed by atoms with Crippen LogP contribution in [-0.2, 0) is 14.3 Å². The molecule has 0 aliphatic heterocycles. The Bertz CT molecular complexity index is 137. The summed E-state index contributed by atoms with van der Waals surface area (Å²) in [6, 6.07) is 0. The Hall–Kier alpha value is -0.770. The number of halogens is 1. The van der Waals surface area contributed by atoms with Crippen molar-refractivity contribution in [2.45, 2.75) is 18.2 Å². The van der Waals surface area contributed by atoms with Crippen molar-refractivity contribution in [3.05, 3.63) is 0 Å². The van der Waals surface area contributed by atoms with Gasteiger partial charge in [-0.15, -0.1) is 11.6 Å². The molecule has 0 spiro atoms. The number of hydrogen-bond acceptors (Lipinski definition) is 3. The topological polar surface area (TPSA) is 63.6 Å². The maximum Gasteiger partial charge on any atom is 0.321 e. The molecule has 0 aromatic heterocycles. The van der Waals surface area contributed by atoms with Gasteiger partial charge in [0, 0.05) is 0 Å². The summed E-state index contributed by atoms with van der Waals surface area (Å²) in [6.07, 6.45) is 0.782. The van der Waals surface area contributed by atoms with Gasteiger partial charge in [0.2, 0.25) is 0 Å². The Kier molecular flexibility index (Phi) is 5.56. The zero-order valence-corrected chi connectivity index (χ0v) is 6.58. The monoisotopic (exact) mass is 180 g/mol. The van der Waals surface area contributed by atoms with Gasteiger partial charge >= 0.3 is 5.97 Å². The van der Waals surface area contributed by atoms with Gasteiger partial charge in [-0.25, -0.2) is 0 Å². The summed E-state index contributed by atoms with van der Waals surface area (Å²) in [5.41, 5.74) is 0. The summed E-state index contributed by atoms with van der Waals surface area (Å²) >= 11 is 5.35. The molecule has 0 amide bonds. The summed E-state index contributed by atoms with van der Waals surface area (Å²) < 4.78 is 4.33. The molecule has 0 radical (unpaired) electrons. The lowest BCUT2D eigenvalue weighted by Gasteiger charge is -2.01. The Morgan fingerprint density at radius 2 is 2.36 bits per heavy atom. The molecule has 0 aliphatic rings. The standard InChI is InChI=1S/C6H9ClO4/c7-5(6(9)10)2-1-3-11-4-8/h4-5H,1-3H2,(H,9,10). The second kappa shape index (κ2) is 5.97. The molecule has 0 bridgehead atoms. The van der Waals surface area contributed by atoms with Crippen LogP contribution in [0.1, 0.15) is 12.8 Å². The molecule has 11 heavy (non-hydrogen) atoms. The maximum atomic E-state index is 10.1. The highest BCUT2D eigenvalue weighted by molar-refractivity contribution is 6.29. The average Bonchev–Trinajstić information content (AvgIpc) is 1.97. The van der Waals surface area contributed by atoms with E-state index in [1.165, 1.54) is 0 Å². The van der Waals surface area contributed by atoms with Gasteiger partial charge in [-0.1, -0.05) is 0 Å². The van der Waals surface area contributed by atoms with Crippen molar-refractivity contribution in [3.8, 4) is 0 Å². The largest absolute Gasteiger partial charge is 0.480 e. The molecule has 0 rings (SSSR count). The number of carboxylic acids is 1. The van der Waals surface area contributed by atoms with Gasteiger partial charge < -0.3 is 9.84 Å². The van der Waals surface area contributed by atoms with E-state index in [9.17, 15) is 9.59 Å². The van der Waals surface area contributed by atoms with E-state index in [-0.39, 0.29) is 6.61 Å². The number of ether oxygens (including phenoxy) is 1. The van der Waals surface area contributed by atoms with E-state index < -0.39 is 11.3 Å². The number of rotatable bonds is 6. The van der Waals surface area contributed by atoms with E-state index in [1.54, 1.807) is 0 Å². The van der Waals surface area contributed by atoms with E-state index in [0.717, 1.165) is 0 Å². The van der Waals surface area contributed by atoms with Crippen LogP contribution in [0.25, 0.3) is 0 Å². The number of hydrogen-bond donors (Lipinski definition) is 1. The van der Waals surface area contributed by atoms with Gasteiger partial charge in [0.15, 0.2) is 0 Å². The van der Waals surface area contributed by atoms with Gasteiger partial charge in [0.25, 0.3) is 6.47 Å². The molecular weight excluding hydrogens is 172 g/mol. The molecule has 0 fully saturated rings. The molecule has 0 aliphatic carbocycles. The number of alkyl halides is 1. The molecule has 1 N–H and O–H groups in total. The van der Waals surface area contributed by atoms with Crippen LogP contribution in [0.15, 0.2) is 0 Å². The normalized spacial score (nSPS) is 12.1. The molecule has 0 saturated carbocycles. The molecule has 5 heteroatoms. The van der Waals surface area contributed by atoms with Crippen molar-refractivity contribution in [3.63, 3.8) is 0 Å². The van der Waals surface area contributed by atoms with E-state index in [1.807, 2.05) is 0 Å². The van der Waals surface area contributed by atoms with Crippen molar-refractivity contribution in [2.75, 3.05) is 6.61 Å². The number of carbonyl (C=O) groups excluding carboxylic acids is 1. The van der Waals surface area contributed by atoms with Crippen LogP contribution in [0.3, 0.4) is 0 Å². The lowest BCUT2D eigenvalue weighted by molar-refractivity contribution is -0.136. The lowest BCUT2D eigenvalue weighted by atomic mass is 10.2. The fourth-order valence-electron chi connectivity index (χ4n) is 0.517. The van der Waals surface area contributed by atoms with Crippen molar-refractivity contribution >= 4 is 24.0 Å². The molecule has 64 valence electrons. The van der Waals surface area contributed by atoms with Gasteiger partial charge in [-0.2, -0.15) is 0 Å². The molecule has 1 atom stereocenters. The van der Waals surface area contributed by atoms with Gasteiger partial charge in [-0.3, -0.25) is 9.59 Å². The van der Waals surface area contributed by atoms with Gasteiger partial charge in [-0.05, 0) is 12.8 Å². The zero-order chi connectivity index (χ0) is 8.69. The third kappa shape index (κ3) is 5.66. The highest BCUT2D eigenvalue weighted by Crippen LogP contribution is 2.04. The Morgan fingerprint density at radius 3 is 2.82 bits per heavy atom. The second-order valence-electron chi connectivity index (χ2n) is 1.92. The third-order valence-electron chi connectivity index (χ3n) is 1.06. The van der Waals surface area contributed by atoms with E-state index in [4.69, 9.17) is 16.7 Å². The summed E-state index contributed by atoms with van der Waals surface area (Å²) in [4.78, 5) is 19.7. The van der Waals surface area contributed by atoms with Crippen LogP contribution in [0.2, 0.25) is 0 Å². The number of aliphatic carboxylic acids is 1. The van der Waals surface area contributed by atoms with Crippen LogP contribution in [-0.4, -0.2) is 29.5 Å². The van der Waals surface area contributed by atoms with Crippen LogP contribution >= 0.6 is 11.6 Å². The van der Waals surface area contributed by atoms with Crippen LogP contribution in [0.5, 0.6) is 0 Å². The SMILES string of the molecule is O=COCCCC(Cl)C(=O)O. The van der Waals surface area contributed by atoms with Crippen LogP contribution in [0, 0.1) is 0 Å². The van der Waals surface area contributed by atoms with Crippen LogP contribution in [0.4, 0.5) is 0 Å². The Balaban J connectivity index is 3.24. The summed E-state index contributed by atoms with van der Waals surface area (Å²) in [5.74, 6) is -1.04. The first-order valence-corrected chi connectivity index (χ1v) is 3.54. The minimum absolute atomic E-state index is 0.222. The van der Waals surface area contributed by atoms with Crippen molar-refractivity contribution in [1.82, 2.24) is 0 Å². The fourth-order valence-corrected chi connectivity index (χ4v) is 0.672. The third-order valence-corrected chi connectivity index (χ3v) is 1.46. The molecule has 4 nitrogen and oxygen atoms in total. The molecular formula is C6H9ClO4. The highest BCUT2D eigenvalue weighted by atomic mass is 35.5.